The number of benzene rings is 2. The summed E-state index contributed by atoms with van der Waals surface area (Å²) in [5.41, 5.74) is 2.69. The summed E-state index contributed by atoms with van der Waals surface area (Å²) in [7, 11) is 0. The molecular weight excluding hydrogens is 484 g/mol. The summed E-state index contributed by atoms with van der Waals surface area (Å²) in [5.74, 6) is 1.95. The van der Waals surface area contributed by atoms with Crippen molar-refractivity contribution in [2.75, 3.05) is 19.8 Å². The minimum absolute atomic E-state index is 0.0919. The van der Waals surface area contributed by atoms with Crippen LogP contribution in [0.3, 0.4) is 0 Å². The first-order valence-electron chi connectivity index (χ1n) is 15.5. The molecule has 2 aromatic rings. The summed E-state index contributed by atoms with van der Waals surface area (Å²) in [6.45, 7) is 10.6. The van der Waals surface area contributed by atoms with E-state index in [2.05, 4.69) is 39.8 Å². The Hall–Kier alpha value is -2.75. The van der Waals surface area contributed by atoms with Crippen molar-refractivity contribution in [1.82, 2.24) is 0 Å². The molecule has 0 heterocycles. The molecule has 39 heavy (non-hydrogen) atoms. The summed E-state index contributed by atoms with van der Waals surface area (Å²) in [6.07, 6.45) is 18.1. The fourth-order valence-corrected chi connectivity index (χ4v) is 4.43. The predicted molar refractivity (Wildman–Crippen MR) is 165 cm³/mol. The molecule has 0 amide bonds. The number of ketones is 1. The molecule has 0 aromatic heterocycles. The highest BCUT2D eigenvalue weighted by atomic mass is 16.5. The second-order valence-corrected chi connectivity index (χ2v) is 10.3. The number of hydrogen-bond acceptors (Lipinski definition) is 4. The van der Waals surface area contributed by atoms with Crippen molar-refractivity contribution in [3.63, 3.8) is 0 Å². The summed E-state index contributed by atoms with van der Waals surface area (Å²) in [4.78, 5) is 13.5. The average Bonchev–Trinajstić information content (AvgIpc) is 2.96. The number of rotatable bonds is 22. The Morgan fingerprint density at radius 2 is 1.26 bits per heavy atom. The lowest BCUT2D eigenvalue weighted by Crippen LogP contribution is -2.07. The van der Waals surface area contributed by atoms with E-state index in [0.29, 0.717) is 36.9 Å². The smallest absolute Gasteiger partial charge is 0.189 e. The van der Waals surface area contributed by atoms with Crippen LogP contribution >= 0.6 is 0 Å². The zero-order valence-electron chi connectivity index (χ0n) is 25.1. The molecule has 4 heteroatoms. The van der Waals surface area contributed by atoms with Crippen molar-refractivity contribution in [2.24, 2.45) is 0 Å². The SMILES string of the molecule is CCCCCCOc1ccc(CC)cc1/C=C/C(=O)c1cccc(OCCCCCC)c1OCCCCCC. The third-order valence-corrected chi connectivity index (χ3v) is 6.90. The molecule has 0 radical (unpaired) electrons. The van der Waals surface area contributed by atoms with Gasteiger partial charge >= 0.3 is 0 Å². The van der Waals surface area contributed by atoms with E-state index < -0.39 is 0 Å². The van der Waals surface area contributed by atoms with Crippen LogP contribution in [0, 0.1) is 0 Å². The monoisotopic (exact) mass is 536 g/mol. The normalized spacial score (nSPS) is 11.2. The summed E-state index contributed by atoms with van der Waals surface area (Å²) < 4.78 is 18.4. The topological polar surface area (TPSA) is 44.8 Å². The van der Waals surface area contributed by atoms with Crippen LogP contribution in [-0.4, -0.2) is 25.6 Å². The van der Waals surface area contributed by atoms with Crippen LogP contribution in [0.4, 0.5) is 0 Å². The Morgan fingerprint density at radius 1 is 0.667 bits per heavy atom. The van der Waals surface area contributed by atoms with Crippen LogP contribution in [0.2, 0.25) is 0 Å². The van der Waals surface area contributed by atoms with Crippen molar-refractivity contribution >= 4 is 11.9 Å². The number of hydrogen-bond donors (Lipinski definition) is 0. The average molecular weight is 537 g/mol. The zero-order valence-corrected chi connectivity index (χ0v) is 25.1. The third kappa shape index (κ3) is 12.3. The summed E-state index contributed by atoms with van der Waals surface area (Å²) in [5, 5.41) is 0. The molecule has 0 saturated carbocycles. The highest BCUT2D eigenvalue weighted by Gasteiger charge is 2.16. The molecule has 0 N–H and O–H groups in total. The Morgan fingerprint density at radius 3 is 1.85 bits per heavy atom. The van der Waals surface area contributed by atoms with Gasteiger partial charge in [-0.05, 0) is 67.7 Å². The molecule has 0 aliphatic carbocycles. The van der Waals surface area contributed by atoms with Crippen LogP contribution in [0.25, 0.3) is 6.08 Å². The second-order valence-electron chi connectivity index (χ2n) is 10.3. The second kappa shape index (κ2) is 20.2. The molecule has 0 fully saturated rings. The van der Waals surface area contributed by atoms with Gasteiger partial charge in [0.1, 0.15) is 5.75 Å². The molecule has 0 atom stereocenters. The molecule has 2 rings (SSSR count). The van der Waals surface area contributed by atoms with Crippen molar-refractivity contribution in [2.45, 2.75) is 111 Å². The van der Waals surface area contributed by atoms with Crippen LogP contribution < -0.4 is 14.2 Å². The van der Waals surface area contributed by atoms with Gasteiger partial charge in [0, 0.05) is 5.56 Å². The van der Waals surface area contributed by atoms with Crippen LogP contribution in [-0.2, 0) is 6.42 Å². The lowest BCUT2D eigenvalue weighted by Gasteiger charge is -2.16. The van der Waals surface area contributed by atoms with Crippen molar-refractivity contribution in [3.8, 4) is 17.2 Å². The van der Waals surface area contributed by atoms with Gasteiger partial charge in [-0.3, -0.25) is 4.79 Å². The van der Waals surface area contributed by atoms with E-state index in [-0.39, 0.29) is 5.78 Å². The number of ether oxygens (including phenoxy) is 3. The van der Waals surface area contributed by atoms with E-state index in [1.165, 1.54) is 50.5 Å². The Balaban J connectivity index is 2.21. The standard InChI is InChI=1S/C35H52O4/c1-5-9-12-15-25-37-33-24-21-29(8-4)28-30(33)22-23-32(36)31-19-18-20-34(38-26-16-13-10-6-2)35(31)39-27-17-14-11-7-3/h18-24,28H,5-17,25-27H2,1-4H3/b23-22+. The molecule has 0 spiro atoms. The van der Waals surface area contributed by atoms with E-state index in [1.807, 2.05) is 30.3 Å². The first-order valence-corrected chi connectivity index (χ1v) is 15.5. The minimum atomic E-state index is -0.0919. The molecule has 0 unspecified atom stereocenters. The van der Waals surface area contributed by atoms with Gasteiger partial charge in [0.25, 0.3) is 0 Å². The van der Waals surface area contributed by atoms with Gasteiger partial charge in [0.15, 0.2) is 17.3 Å². The maximum Gasteiger partial charge on any atom is 0.189 e. The Labute approximate surface area is 238 Å². The van der Waals surface area contributed by atoms with Gasteiger partial charge in [-0.2, -0.15) is 0 Å². The zero-order chi connectivity index (χ0) is 28.1. The molecule has 0 aliphatic rings. The van der Waals surface area contributed by atoms with Crippen LogP contribution in [0.5, 0.6) is 17.2 Å². The van der Waals surface area contributed by atoms with Gasteiger partial charge in [-0.15, -0.1) is 0 Å². The molecule has 0 aliphatic heterocycles. The molecule has 2 aromatic carbocycles. The predicted octanol–water partition coefficient (Wildman–Crippen LogP) is 10.0. The lowest BCUT2D eigenvalue weighted by molar-refractivity contribution is 0.104. The van der Waals surface area contributed by atoms with Crippen molar-refractivity contribution in [1.29, 1.82) is 0 Å². The molecular formula is C35H52O4. The molecule has 216 valence electrons. The summed E-state index contributed by atoms with van der Waals surface area (Å²) >= 11 is 0. The van der Waals surface area contributed by atoms with E-state index >= 15 is 0 Å². The molecule has 0 saturated heterocycles. The van der Waals surface area contributed by atoms with Gasteiger partial charge < -0.3 is 14.2 Å². The molecule has 4 nitrogen and oxygen atoms in total. The Bertz CT molecular complexity index is 979. The van der Waals surface area contributed by atoms with E-state index in [0.717, 1.165) is 49.8 Å². The van der Waals surface area contributed by atoms with E-state index in [9.17, 15) is 4.79 Å². The maximum absolute atomic E-state index is 13.5. The number of unbranched alkanes of at least 4 members (excludes halogenated alkanes) is 9. The number of carbonyl (C=O) groups is 1. The quantitative estimate of drug-likeness (QED) is 0.0853. The fourth-order valence-electron chi connectivity index (χ4n) is 4.43. The van der Waals surface area contributed by atoms with E-state index in [1.54, 1.807) is 6.08 Å². The third-order valence-electron chi connectivity index (χ3n) is 6.90. The van der Waals surface area contributed by atoms with Gasteiger partial charge in [0.05, 0.1) is 25.4 Å². The Kier molecular flexibility index (Phi) is 16.8. The first kappa shape index (κ1) is 32.5. The van der Waals surface area contributed by atoms with Gasteiger partial charge in [-0.1, -0.05) is 97.6 Å². The van der Waals surface area contributed by atoms with Crippen LogP contribution in [0.1, 0.15) is 126 Å². The van der Waals surface area contributed by atoms with Crippen molar-refractivity contribution < 1.29 is 19.0 Å². The minimum Gasteiger partial charge on any atom is -0.493 e. The highest BCUT2D eigenvalue weighted by molar-refractivity contribution is 6.09. The summed E-state index contributed by atoms with van der Waals surface area (Å²) in [6, 6.07) is 11.9. The number of allylic oxidation sites excluding steroid dienone is 1. The van der Waals surface area contributed by atoms with Gasteiger partial charge in [-0.25, -0.2) is 0 Å². The fraction of sp³-hybridized carbons (Fsp3) is 0.571. The maximum atomic E-state index is 13.5. The largest absolute Gasteiger partial charge is 0.493 e. The highest BCUT2D eigenvalue weighted by Crippen LogP contribution is 2.33. The van der Waals surface area contributed by atoms with Gasteiger partial charge in [0.2, 0.25) is 0 Å². The van der Waals surface area contributed by atoms with Crippen LogP contribution in [0.15, 0.2) is 42.5 Å². The first-order chi connectivity index (χ1) is 19.1. The number of para-hydroxylation sites is 1. The molecule has 0 bridgehead atoms. The van der Waals surface area contributed by atoms with E-state index in [4.69, 9.17) is 14.2 Å². The number of aryl methyl sites for hydroxylation is 1. The van der Waals surface area contributed by atoms with Crippen molar-refractivity contribution in [3.05, 3.63) is 59.2 Å². The lowest BCUT2D eigenvalue weighted by atomic mass is 10.0. The number of carbonyl (C=O) groups excluding carboxylic acids is 1.